The van der Waals surface area contributed by atoms with Crippen LogP contribution in [0.1, 0.15) is 12.0 Å². The van der Waals surface area contributed by atoms with E-state index in [0.29, 0.717) is 28.2 Å². The van der Waals surface area contributed by atoms with Crippen LogP contribution >= 0.6 is 22.9 Å². The molecule has 1 aliphatic heterocycles. The summed E-state index contributed by atoms with van der Waals surface area (Å²) in [6, 6.07) is 11.2. The summed E-state index contributed by atoms with van der Waals surface area (Å²) in [6.07, 6.45) is 4.12. The molecule has 0 saturated carbocycles. The molecule has 6 nitrogen and oxygen atoms in total. The number of carbonyl (C=O) groups excluding carboxylic acids is 1. The summed E-state index contributed by atoms with van der Waals surface area (Å²) in [7, 11) is 4.03. The highest BCUT2D eigenvalue weighted by Crippen LogP contribution is 2.39. The van der Waals surface area contributed by atoms with Crippen molar-refractivity contribution >= 4 is 50.3 Å². The first kappa shape index (κ1) is 20.7. The number of thiazole rings is 1. The van der Waals surface area contributed by atoms with Crippen LogP contribution in [-0.2, 0) is 4.79 Å². The third-order valence-electron chi connectivity index (χ3n) is 4.67. The highest BCUT2D eigenvalue weighted by molar-refractivity contribution is 7.22. The molecule has 0 bridgehead atoms. The molecular weight excluding hydrogens is 422 g/mol. The number of nitrogens with zero attached hydrogens (tertiary/aromatic N) is 3. The largest absolute Gasteiger partial charge is 0.454 e. The van der Waals surface area contributed by atoms with E-state index in [0.717, 1.165) is 28.7 Å². The first-order chi connectivity index (χ1) is 14.5. The number of benzene rings is 2. The van der Waals surface area contributed by atoms with Crippen LogP contribution in [0.5, 0.6) is 11.5 Å². The molecule has 0 aliphatic carbocycles. The summed E-state index contributed by atoms with van der Waals surface area (Å²) in [5.41, 5.74) is 1.59. The monoisotopic (exact) mass is 443 g/mol. The molecule has 0 unspecified atom stereocenters. The summed E-state index contributed by atoms with van der Waals surface area (Å²) >= 11 is 7.68. The molecule has 0 radical (unpaired) electrons. The van der Waals surface area contributed by atoms with Gasteiger partial charge in [0, 0.05) is 29.8 Å². The van der Waals surface area contributed by atoms with Gasteiger partial charge < -0.3 is 14.4 Å². The Morgan fingerprint density at radius 2 is 1.97 bits per heavy atom. The van der Waals surface area contributed by atoms with E-state index in [1.807, 2.05) is 44.4 Å². The lowest BCUT2D eigenvalue weighted by Gasteiger charge is -2.19. The topological polar surface area (TPSA) is 54.9 Å². The number of fused-ring (bicyclic) bond motifs is 2. The molecule has 8 heteroatoms. The van der Waals surface area contributed by atoms with Gasteiger partial charge in [-0.05, 0) is 44.8 Å². The maximum absolute atomic E-state index is 13.1. The normalized spacial score (nSPS) is 12.9. The highest BCUT2D eigenvalue weighted by Gasteiger charge is 2.21. The van der Waals surface area contributed by atoms with Crippen LogP contribution in [-0.4, -0.2) is 49.8 Å². The summed E-state index contributed by atoms with van der Waals surface area (Å²) in [4.78, 5) is 21.6. The molecule has 2 aromatic carbocycles. The standard InChI is InChI=1S/C22H22ClN3O3S/c1-25(2)10-5-11-26(21(27)9-8-15-6-3-4-7-16(15)23)22-24-17-12-18-19(29-14-28-18)13-20(17)30-22/h3-4,6-9,12-13H,5,10-11,14H2,1-2H3. The number of anilines is 1. The molecule has 0 fully saturated rings. The third-order valence-corrected chi connectivity index (χ3v) is 6.05. The van der Waals surface area contributed by atoms with Crippen molar-refractivity contribution in [2.45, 2.75) is 6.42 Å². The van der Waals surface area contributed by atoms with Gasteiger partial charge in [-0.2, -0.15) is 0 Å². The number of hydrogen-bond donors (Lipinski definition) is 0. The van der Waals surface area contributed by atoms with E-state index in [1.54, 1.807) is 23.1 Å². The fourth-order valence-corrected chi connectivity index (χ4v) is 4.33. The van der Waals surface area contributed by atoms with E-state index >= 15 is 0 Å². The second-order valence-corrected chi connectivity index (χ2v) is 8.59. The van der Waals surface area contributed by atoms with Crippen LogP contribution in [0.3, 0.4) is 0 Å². The Morgan fingerprint density at radius 3 is 2.73 bits per heavy atom. The molecular formula is C22H22ClN3O3S. The second-order valence-electron chi connectivity index (χ2n) is 7.17. The summed E-state index contributed by atoms with van der Waals surface area (Å²) in [6.45, 7) is 1.66. The van der Waals surface area contributed by atoms with Crippen LogP contribution in [0.25, 0.3) is 16.3 Å². The molecule has 1 aromatic heterocycles. The molecule has 1 amide bonds. The molecule has 0 saturated heterocycles. The molecule has 3 aromatic rings. The van der Waals surface area contributed by atoms with Crippen molar-refractivity contribution in [1.29, 1.82) is 0 Å². The zero-order chi connectivity index (χ0) is 21.1. The van der Waals surface area contributed by atoms with E-state index in [4.69, 9.17) is 26.1 Å². The quantitative estimate of drug-likeness (QED) is 0.496. The van der Waals surface area contributed by atoms with Crippen LogP contribution in [0.4, 0.5) is 5.13 Å². The van der Waals surface area contributed by atoms with E-state index < -0.39 is 0 Å². The fraction of sp³-hybridized carbons (Fsp3) is 0.273. The minimum atomic E-state index is -0.132. The molecule has 1 aliphatic rings. The molecule has 0 spiro atoms. The van der Waals surface area contributed by atoms with Gasteiger partial charge in [-0.25, -0.2) is 4.98 Å². The van der Waals surface area contributed by atoms with Gasteiger partial charge in [0.15, 0.2) is 16.6 Å². The Hall–Kier alpha value is -2.61. The van der Waals surface area contributed by atoms with Gasteiger partial charge in [-0.3, -0.25) is 9.69 Å². The zero-order valence-electron chi connectivity index (χ0n) is 16.8. The predicted octanol–water partition coefficient (Wildman–Crippen LogP) is 4.68. The number of ether oxygens (including phenoxy) is 2. The second kappa shape index (κ2) is 9.04. The summed E-state index contributed by atoms with van der Waals surface area (Å²) in [5.74, 6) is 1.26. The van der Waals surface area contributed by atoms with Crippen molar-refractivity contribution in [2.75, 3.05) is 38.9 Å². The SMILES string of the molecule is CN(C)CCCN(C(=O)C=Cc1ccccc1Cl)c1nc2cc3c(cc2s1)OCO3. The predicted molar refractivity (Wildman–Crippen MR) is 122 cm³/mol. The summed E-state index contributed by atoms with van der Waals surface area (Å²) in [5, 5.41) is 1.26. The fourth-order valence-electron chi connectivity index (χ4n) is 3.13. The van der Waals surface area contributed by atoms with Gasteiger partial charge in [0.2, 0.25) is 6.79 Å². The smallest absolute Gasteiger partial charge is 0.252 e. The number of rotatable bonds is 7. The molecule has 156 valence electrons. The van der Waals surface area contributed by atoms with E-state index in [1.165, 1.54) is 11.3 Å². The van der Waals surface area contributed by atoms with Gasteiger partial charge in [-0.1, -0.05) is 41.1 Å². The van der Waals surface area contributed by atoms with Gasteiger partial charge >= 0.3 is 0 Å². The Balaban J connectivity index is 1.61. The Labute approximate surface area is 184 Å². The maximum Gasteiger partial charge on any atom is 0.252 e. The van der Waals surface area contributed by atoms with Crippen molar-refractivity contribution < 1.29 is 14.3 Å². The number of halogens is 1. The van der Waals surface area contributed by atoms with Crippen molar-refractivity contribution in [3.8, 4) is 11.5 Å². The highest BCUT2D eigenvalue weighted by atomic mass is 35.5. The number of hydrogen-bond acceptors (Lipinski definition) is 6. The number of aromatic nitrogens is 1. The van der Waals surface area contributed by atoms with Gasteiger partial charge in [0.05, 0.1) is 10.2 Å². The molecule has 0 atom stereocenters. The molecule has 2 heterocycles. The van der Waals surface area contributed by atoms with Crippen LogP contribution < -0.4 is 14.4 Å². The van der Waals surface area contributed by atoms with Crippen molar-refractivity contribution in [2.24, 2.45) is 0 Å². The van der Waals surface area contributed by atoms with E-state index in [9.17, 15) is 4.79 Å². The Morgan fingerprint density at radius 1 is 1.20 bits per heavy atom. The molecule has 4 rings (SSSR count). The first-order valence-corrected chi connectivity index (χ1v) is 10.8. The van der Waals surface area contributed by atoms with Crippen LogP contribution in [0.15, 0.2) is 42.5 Å². The van der Waals surface area contributed by atoms with E-state index in [-0.39, 0.29) is 12.7 Å². The van der Waals surface area contributed by atoms with Gasteiger partial charge in [0.1, 0.15) is 0 Å². The number of carbonyl (C=O) groups is 1. The van der Waals surface area contributed by atoms with Crippen LogP contribution in [0, 0.1) is 0 Å². The maximum atomic E-state index is 13.1. The average Bonchev–Trinajstić information content (AvgIpc) is 3.34. The van der Waals surface area contributed by atoms with Crippen molar-refractivity contribution in [1.82, 2.24) is 9.88 Å². The number of amides is 1. The lowest BCUT2D eigenvalue weighted by atomic mass is 10.2. The average molecular weight is 444 g/mol. The third kappa shape index (κ3) is 4.59. The van der Waals surface area contributed by atoms with Gasteiger partial charge in [-0.15, -0.1) is 0 Å². The zero-order valence-corrected chi connectivity index (χ0v) is 18.4. The minimum absolute atomic E-state index is 0.132. The Kier molecular flexibility index (Phi) is 6.22. The van der Waals surface area contributed by atoms with Crippen molar-refractivity contribution in [3.63, 3.8) is 0 Å². The van der Waals surface area contributed by atoms with E-state index in [2.05, 4.69) is 4.90 Å². The van der Waals surface area contributed by atoms with Crippen molar-refractivity contribution in [3.05, 3.63) is 53.1 Å². The lowest BCUT2D eigenvalue weighted by molar-refractivity contribution is -0.114. The van der Waals surface area contributed by atoms with Gasteiger partial charge in [0.25, 0.3) is 5.91 Å². The first-order valence-electron chi connectivity index (χ1n) is 9.60. The lowest BCUT2D eigenvalue weighted by Crippen LogP contribution is -2.32. The van der Waals surface area contributed by atoms with Crippen LogP contribution in [0.2, 0.25) is 5.02 Å². The summed E-state index contributed by atoms with van der Waals surface area (Å²) < 4.78 is 11.9. The Bertz CT molecular complexity index is 1060. The minimum Gasteiger partial charge on any atom is -0.454 e. The molecule has 0 N–H and O–H groups in total. The molecule has 30 heavy (non-hydrogen) atoms.